The largest absolute Gasteiger partial charge is 0.487 e. The molecule has 0 saturated carbocycles. The van der Waals surface area contributed by atoms with Gasteiger partial charge in [-0.3, -0.25) is 0 Å². The maximum absolute atomic E-state index is 12.9. The van der Waals surface area contributed by atoms with Crippen LogP contribution in [0.3, 0.4) is 0 Å². The molecule has 0 fully saturated rings. The number of halogens is 3. The molecule has 1 heterocycles. The number of aromatic nitrogens is 2. The lowest BCUT2D eigenvalue weighted by Gasteiger charge is -2.43. The summed E-state index contributed by atoms with van der Waals surface area (Å²) in [5, 5.41) is 0. The molecule has 7 heteroatoms. The van der Waals surface area contributed by atoms with Gasteiger partial charge in [0.2, 0.25) is 0 Å². The molecule has 0 saturated heterocycles. The van der Waals surface area contributed by atoms with Crippen LogP contribution in [0.1, 0.15) is 110 Å². The van der Waals surface area contributed by atoms with E-state index in [0.29, 0.717) is 17.5 Å². The van der Waals surface area contributed by atoms with Crippen LogP contribution in [0.25, 0.3) is 27.9 Å². The van der Waals surface area contributed by atoms with Gasteiger partial charge in [-0.2, -0.15) is 13.2 Å². The third-order valence-electron chi connectivity index (χ3n) is 8.96. The molecule has 3 aromatic carbocycles. The number of nitrogens with one attached hydrogen (secondary N) is 1. The number of aromatic amines is 1. The van der Waals surface area contributed by atoms with Crippen LogP contribution in [0.5, 0.6) is 5.75 Å². The smallest absolute Gasteiger partial charge is 0.416 e. The highest BCUT2D eigenvalue weighted by molar-refractivity contribution is 5.86. The fraction of sp³-hybridized carbons (Fsp3) is 0.475. The molecule has 0 radical (unpaired) electrons. The van der Waals surface area contributed by atoms with Gasteiger partial charge in [0.05, 0.1) is 16.6 Å². The average molecular weight is 649 g/mol. The van der Waals surface area contributed by atoms with E-state index >= 15 is 0 Å². The second-order valence-electron chi connectivity index (χ2n) is 14.1. The Bertz CT molecular complexity index is 1610. The summed E-state index contributed by atoms with van der Waals surface area (Å²) in [5.41, 5.74) is 3.73. The second-order valence-corrected chi connectivity index (χ2v) is 14.1. The van der Waals surface area contributed by atoms with Crippen LogP contribution in [0, 0.1) is 11.3 Å². The van der Waals surface area contributed by atoms with Gasteiger partial charge in [0.15, 0.2) is 0 Å². The van der Waals surface area contributed by atoms with Crippen molar-refractivity contribution in [3.8, 4) is 16.9 Å². The van der Waals surface area contributed by atoms with Gasteiger partial charge in [-0.25, -0.2) is 4.98 Å². The maximum Gasteiger partial charge on any atom is 0.416 e. The van der Waals surface area contributed by atoms with E-state index in [9.17, 15) is 13.2 Å². The van der Waals surface area contributed by atoms with Gasteiger partial charge in [0, 0.05) is 11.5 Å². The predicted octanol–water partition coefficient (Wildman–Crippen LogP) is 12.4. The summed E-state index contributed by atoms with van der Waals surface area (Å²) in [6.07, 6.45) is 6.48. The number of H-pyrrole nitrogens is 1. The third kappa shape index (κ3) is 9.65. The molecular formula is C40H51F3N2O2. The van der Waals surface area contributed by atoms with E-state index in [2.05, 4.69) is 81.9 Å². The van der Waals surface area contributed by atoms with Crippen molar-refractivity contribution >= 4 is 16.8 Å². The van der Waals surface area contributed by atoms with Crippen LogP contribution in [0.15, 0.2) is 72.8 Å². The molecule has 4 rings (SSSR count). The molecule has 4 aromatic rings. The van der Waals surface area contributed by atoms with Crippen molar-refractivity contribution in [3.05, 3.63) is 89.8 Å². The molecule has 0 aliphatic carbocycles. The van der Waals surface area contributed by atoms with Gasteiger partial charge in [-0.1, -0.05) is 96.6 Å². The fourth-order valence-electron chi connectivity index (χ4n) is 6.72. The first kappa shape index (κ1) is 36.1. The molecule has 0 spiro atoms. The fourth-order valence-corrected chi connectivity index (χ4v) is 6.72. The summed E-state index contributed by atoms with van der Waals surface area (Å²) in [7, 11) is 0. The Morgan fingerprint density at radius 2 is 1.55 bits per heavy atom. The number of alkyl halides is 3. The maximum atomic E-state index is 12.9. The van der Waals surface area contributed by atoms with Gasteiger partial charge < -0.3 is 14.5 Å². The molecule has 0 amide bonds. The Morgan fingerprint density at radius 1 is 0.872 bits per heavy atom. The minimum Gasteiger partial charge on any atom is -0.487 e. The van der Waals surface area contributed by atoms with E-state index in [0.717, 1.165) is 52.0 Å². The number of benzene rings is 3. The van der Waals surface area contributed by atoms with E-state index in [1.807, 2.05) is 25.1 Å². The number of unbranched alkanes of at least 4 members (excludes halogenated alkanes) is 5. The van der Waals surface area contributed by atoms with E-state index in [-0.39, 0.29) is 17.6 Å². The Hall–Kier alpha value is -3.74. The Morgan fingerprint density at radius 3 is 2.21 bits per heavy atom. The summed E-state index contributed by atoms with van der Waals surface area (Å²) < 4.78 is 51.4. The van der Waals surface area contributed by atoms with Crippen LogP contribution in [0.4, 0.5) is 13.2 Å². The van der Waals surface area contributed by atoms with Crippen LogP contribution in [0.2, 0.25) is 0 Å². The lowest BCUT2D eigenvalue weighted by atomic mass is 9.69. The lowest BCUT2D eigenvalue weighted by molar-refractivity contribution is -0.137. The summed E-state index contributed by atoms with van der Waals surface area (Å²) in [5.74, 6) is 2.16. The zero-order valence-corrected chi connectivity index (χ0v) is 29.1. The first-order valence-corrected chi connectivity index (χ1v) is 17.0. The molecule has 1 unspecified atom stereocenters. The zero-order valence-electron chi connectivity index (χ0n) is 29.1. The van der Waals surface area contributed by atoms with E-state index in [4.69, 9.17) is 9.47 Å². The first-order chi connectivity index (χ1) is 22.2. The molecule has 1 atom stereocenters. The van der Waals surface area contributed by atoms with Crippen molar-refractivity contribution in [3.63, 3.8) is 0 Å². The number of hydrogen-bond acceptors (Lipinski definition) is 3. The molecule has 0 aliphatic heterocycles. The van der Waals surface area contributed by atoms with Gasteiger partial charge in [0.25, 0.3) is 0 Å². The molecule has 47 heavy (non-hydrogen) atoms. The molecule has 254 valence electrons. The average Bonchev–Trinajstić information content (AvgIpc) is 3.43. The molecule has 1 N–H and O–H groups in total. The van der Waals surface area contributed by atoms with Crippen molar-refractivity contribution in [2.75, 3.05) is 0 Å². The molecule has 1 aromatic heterocycles. The van der Waals surface area contributed by atoms with Crippen molar-refractivity contribution in [2.45, 2.75) is 112 Å². The molecule has 0 aliphatic rings. The topological polar surface area (TPSA) is 47.1 Å². The predicted molar refractivity (Wildman–Crippen MR) is 187 cm³/mol. The van der Waals surface area contributed by atoms with Crippen molar-refractivity contribution in [2.24, 2.45) is 11.3 Å². The highest BCUT2D eigenvalue weighted by atomic mass is 19.4. The van der Waals surface area contributed by atoms with Crippen molar-refractivity contribution < 1.29 is 22.6 Å². The van der Waals surface area contributed by atoms with Gasteiger partial charge in [-0.15, -0.1) is 0 Å². The monoisotopic (exact) mass is 648 g/mol. The number of hydrogen-bond donors (Lipinski definition) is 1. The van der Waals surface area contributed by atoms with Gasteiger partial charge >= 0.3 is 6.18 Å². The van der Waals surface area contributed by atoms with Crippen LogP contribution in [-0.2, 0) is 17.5 Å². The third-order valence-corrected chi connectivity index (χ3v) is 8.96. The number of nitrogens with zero attached hydrogens (tertiary/aromatic N) is 1. The highest BCUT2D eigenvalue weighted by Gasteiger charge is 2.40. The summed E-state index contributed by atoms with van der Waals surface area (Å²) in [6, 6.07) is 19.1. The molecule has 4 nitrogen and oxygen atoms in total. The molecule has 0 bridgehead atoms. The number of imidazole rings is 1. The van der Waals surface area contributed by atoms with E-state index < -0.39 is 11.7 Å². The molecular weight excluding hydrogens is 597 g/mol. The first-order valence-electron chi connectivity index (χ1n) is 17.0. The normalized spacial score (nSPS) is 13.6. The number of fused-ring (bicyclic) bond motifs is 1. The van der Waals surface area contributed by atoms with Gasteiger partial charge in [0.1, 0.15) is 29.5 Å². The second kappa shape index (κ2) is 15.4. The summed E-state index contributed by atoms with van der Waals surface area (Å²) >= 11 is 0. The lowest BCUT2D eigenvalue weighted by Crippen LogP contribution is -2.41. The number of rotatable bonds is 15. The van der Waals surface area contributed by atoms with E-state index in [1.54, 1.807) is 0 Å². The highest BCUT2D eigenvalue weighted by Crippen LogP contribution is 2.43. The Kier molecular flexibility index (Phi) is 11.9. The number of ether oxygens (including phenoxy) is 2. The quantitative estimate of drug-likeness (QED) is 0.103. The summed E-state index contributed by atoms with van der Waals surface area (Å²) in [6.45, 7) is 15.8. The van der Waals surface area contributed by atoms with Gasteiger partial charge in [-0.05, 0) is 86.2 Å². The minimum atomic E-state index is -4.38. The van der Waals surface area contributed by atoms with Crippen LogP contribution < -0.4 is 4.74 Å². The summed E-state index contributed by atoms with van der Waals surface area (Å²) in [4.78, 5) is 7.95. The zero-order chi connectivity index (χ0) is 34.2. The van der Waals surface area contributed by atoms with Crippen molar-refractivity contribution in [1.82, 2.24) is 9.97 Å². The number of allylic oxidation sites excluding steroid dienone is 1. The van der Waals surface area contributed by atoms with E-state index in [1.165, 1.54) is 50.7 Å². The Balaban J connectivity index is 1.51. The Labute approximate surface area is 278 Å². The van der Waals surface area contributed by atoms with Crippen LogP contribution >= 0.6 is 0 Å². The minimum absolute atomic E-state index is 0.0882. The SMILES string of the molecule is CC=C(OC(C)(C)C(CCCCCCCC)C(C)(C)C)c1ccccc1-c1ccc2nc(COc3ccc(C(F)(F)F)cc3)[nH]c2c1. The standard InChI is InChI=1S/C40H51F3N2O2/c1-8-10-11-12-13-14-19-36(38(3,4)5)39(6,7)47-35(9-2)32-18-16-15-17-31(32)28-20-25-33-34(26-28)45-37(44-33)27-46-30-23-21-29(22-24-30)40(41,42)43/h9,15-18,20-26,36H,8,10-14,19,27H2,1-7H3,(H,44,45). The van der Waals surface area contributed by atoms with Crippen LogP contribution in [-0.4, -0.2) is 15.6 Å². The van der Waals surface area contributed by atoms with Crippen molar-refractivity contribution in [1.29, 1.82) is 0 Å².